The third-order valence-electron chi connectivity index (χ3n) is 1.98. The van der Waals surface area contributed by atoms with Gasteiger partial charge in [0.15, 0.2) is 17.5 Å². The predicted molar refractivity (Wildman–Crippen MR) is 55.5 cm³/mol. The molecule has 0 radical (unpaired) electrons. The molecule has 0 saturated heterocycles. The zero-order chi connectivity index (χ0) is 12.3. The first-order valence-corrected chi connectivity index (χ1v) is 4.60. The summed E-state index contributed by atoms with van der Waals surface area (Å²) in [6, 6.07) is 1.10. The quantitative estimate of drug-likeness (QED) is 0.475. The van der Waals surface area contributed by atoms with E-state index >= 15 is 0 Å². The maximum Gasteiger partial charge on any atom is 0.161 e. The van der Waals surface area contributed by atoms with Gasteiger partial charge in [0.25, 0.3) is 0 Å². The molecule has 0 aliphatic carbocycles. The number of hydrogen-bond donors (Lipinski definition) is 2. The minimum atomic E-state index is -1.26. The molecular formula is C10H12F3N3. The lowest BCUT2D eigenvalue weighted by atomic mass is 10.2. The Hall–Kier alpha value is -1.69. The summed E-state index contributed by atoms with van der Waals surface area (Å²) in [7, 11) is 0. The molecule has 88 valence electrons. The number of hydrazine groups is 1. The minimum Gasteiger partial charge on any atom is -0.401 e. The number of nitrogens with zero attached hydrogens (tertiary/aromatic N) is 1. The molecule has 1 aromatic carbocycles. The highest BCUT2D eigenvalue weighted by molar-refractivity contribution is 5.49. The molecule has 0 unspecified atom stereocenters. The normalized spacial score (nSPS) is 11.7. The second-order valence-corrected chi connectivity index (χ2v) is 3.18. The van der Waals surface area contributed by atoms with E-state index in [9.17, 15) is 13.2 Å². The highest BCUT2D eigenvalue weighted by Crippen LogP contribution is 2.21. The maximum atomic E-state index is 13.2. The molecule has 0 heterocycles. The van der Waals surface area contributed by atoms with Gasteiger partial charge in [-0.2, -0.15) is 0 Å². The van der Waals surface area contributed by atoms with E-state index in [-0.39, 0.29) is 5.69 Å². The molecule has 0 aliphatic heterocycles. The smallest absolute Gasteiger partial charge is 0.161 e. The molecule has 0 saturated carbocycles. The number of rotatable bonds is 3. The van der Waals surface area contributed by atoms with Crippen molar-refractivity contribution in [1.29, 1.82) is 0 Å². The van der Waals surface area contributed by atoms with Gasteiger partial charge in [0.1, 0.15) is 0 Å². The van der Waals surface area contributed by atoms with Crippen molar-refractivity contribution >= 4 is 5.69 Å². The Labute approximate surface area is 91.1 Å². The fourth-order valence-corrected chi connectivity index (χ4v) is 1.05. The van der Waals surface area contributed by atoms with Crippen molar-refractivity contribution in [2.45, 2.75) is 13.3 Å². The van der Waals surface area contributed by atoms with Crippen molar-refractivity contribution in [2.24, 2.45) is 11.6 Å². The largest absolute Gasteiger partial charge is 0.401 e. The Morgan fingerprint density at radius 1 is 1.25 bits per heavy atom. The van der Waals surface area contributed by atoms with E-state index in [4.69, 9.17) is 11.6 Å². The fourth-order valence-electron chi connectivity index (χ4n) is 1.05. The zero-order valence-corrected chi connectivity index (χ0v) is 8.67. The van der Waals surface area contributed by atoms with Crippen molar-refractivity contribution in [3.05, 3.63) is 41.5 Å². The summed E-state index contributed by atoms with van der Waals surface area (Å²) in [5.74, 6) is 2.05. The van der Waals surface area contributed by atoms with Gasteiger partial charge >= 0.3 is 0 Å². The van der Waals surface area contributed by atoms with Gasteiger partial charge < -0.3 is 5.73 Å². The summed E-state index contributed by atoms with van der Waals surface area (Å²) in [6.07, 6.45) is 1.76. The van der Waals surface area contributed by atoms with Crippen LogP contribution >= 0.6 is 0 Å². The van der Waals surface area contributed by atoms with Gasteiger partial charge in [-0.05, 0) is 6.42 Å². The fraction of sp³-hybridized carbons (Fsp3) is 0.200. The number of hydrogen-bond acceptors (Lipinski definition) is 3. The highest BCUT2D eigenvalue weighted by Gasteiger charge is 2.12. The minimum absolute atomic E-state index is 0.282. The predicted octanol–water partition coefficient (Wildman–Crippen LogP) is 1.99. The summed E-state index contributed by atoms with van der Waals surface area (Å²) in [4.78, 5) is 0. The van der Waals surface area contributed by atoms with Crippen LogP contribution in [-0.2, 0) is 0 Å². The van der Waals surface area contributed by atoms with E-state index in [1.54, 1.807) is 6.92 Å². The number of anilines is 1. The lowest BCUT2D eigenvalue weighted by Gasteiger charge is -2.15. The van der Waals surface area contributed by atoms with Crippen LogP contribution in [0, 0.1) is 17.5 Å². The molecule has 0 atom stereocenters. The molecule has 0 aliphatic rings. The van der Waals surface area contributed by atoms with Gasteiger partial charge in [0.2, 0.25) is 0 Å². The van der Waals surface area contributed by atoms with E-state index in [1.807, 2.05) is 0 Å². The summed E-state index contributed by atoms with van der Waals surface area (Å²) in [5.41, 5.74) is 5.59. The lowest BCUT2D eigenvalue weighted by molar-refractivity contribution is 0.495. The van der Waals surface area contributed by atoms with Gasteiger partial charge in [0.05, 0.1) is 5.69 Å². The van der Waals surface area contributed by atoms with Gasteiger partial charge in [-0.1, -0.05) is 6.92 Å². The molecule has 0 aromatic heterocycles. The first-order valence-electron chi connectivity index (χ1n) is 4.60. The van der Waals surface area contributed by atoms with Crippen molar-refractivity contribution < 1.29 is 13.2 Å². The van der Waals surface area contributed by atoms with Gasteiger partial charge in [0, 0.05) is 24.0 Å². The standard InChI is InChI=1S/C10H12F3N3/c1-2-6(14)5-16(15)10-4-8(12)7(11)3-9(10)13/h3-5H,2,14-15H2,1H3/b6-5-. The SMILES string of the molecule is CC/C(N)=C/N(N)c1cc(F)c(F)cc1F. The second kappa shape index (κ2) is 4.89. The summed E-state index contributed by atoms with van der Waals surface area (Å²) in [5, 5.41) is 0.816. The zero-order valence-electron chi connectivity index (χ0n) is 8.67. The van der Waals surface area contributed by atoms with Gasteiger partial charge in [-0.3, -0.25) is 5.01 Å². The summed E-state index contributed by atoms with van der Waals surface area (Å²) < 4.78 is 38.7. The van der Waals surface area contributed by atoms with Crippen molar-refractivity contribution in [3.63, 3.8) is 0 Å². The average Bonchev–Trinajstić information content (AvgIpc) is 2.23. The molecule has 1 aromatic rings. The van der Waals surface area contributed by atoms with Crippen LogP contribution in [0.5, 0.6) is 0 Å². The van der Waals surface area contributed by atoms with Crippen molar-refractivity contribution in [2.75, 3.05) is 5.01 Å². The molecule has 1 rings (SSSR count). The van der Waals surface area contributed by atoms with E-state index in [1.165, 1.54) is 6.20 Å². The number of nitrogens with two attached hydrogens (primary N) is 2. The summed E-state index contributed by atoms with van der Waals surface area (Å²) >= 11 is 0. The lowest BCUT2D eigenvalue weighted by Crippen LogP contribution is -2.27. The topological polar surface area (TPSA) is 55.3 Å². The molecule has 6 heteroatoms. The van der Waals surface area contributed by atoms with E-state index < -0.39 is 17.5 Å². The van der Waals surface area contributed by atoms with Crippen LogP contribution in [0.1, 0.15) is 13.3 Å². The molecular weight excluding hydrogens is 219 g/mol. The van der Waals surface area contributed by atoms with Crippen LogP contribution in [0.4, 0.5) is 18.9 Å². The van der Waals surface area contributed by atoms with Crippen molar-refractivity contribution in [1.82, 2.24) is 0 Å². The third kappa shape index (κ3) is 2.66. The first-order chi connectivity index (χ1) is 7.45. The maximum absolute atomic E-state index is 13.2. The van der Waals surface area contributed by atoms with Crippen LogP contribution < -0.4 is 16.6 Å². The number of benzene rings is 1. The first kappa shape index (κ1) is 12.4. The van der Waals surface area contributed by atoms with E-state index in [2.05, 4.69) is 0 Å². The highest BCUT2D eigenvalue weighted by atomic mass is 19.2. The van der Waals surface area contributed by atoms with Gasteiger partial charge in [-0.15, -0.1) is 0 Å². The Kier molecular flexibility index (Phi) is 3.78. The Bertz CT molecular complexity index is 418. The summed E-state index contributed by atoms with van der Waals surface area (Å²) in [6.45, 7) is 1.78. The Balaban J connectivity index is 3.09. The number of allylic oxidation sites excluding steroid dienone is 1. The van der Waals surface area contributed by atoms with Crippen molar-refractivity contribution in [3.8, 4) is 0 Å². The molecule has 4 N–H and O–H groups in total. The Morgan fingerprint density at radius 3 is 2.38 bits per heavy atom. The molecule has 16 heavy (non-hydrogen) atoms. The molecule has 0 fully saturated rings. The van der Waals surface area contributed by atoms with E-state index in [0.29, 0.717) is 24.3 Å². The third-order valence-corrected chi connectivity index (χ3v) is 1.98. The molecule has 0 amide bonds. The monoisotopic (exact) mass is 231 g/mol. The van der Waals surface area contributed by atoms with Crippen LogP contribution in [0.25, 0.3) is 0 Å². The van der Waals surface area contributed by atoms with Crippen LogP contribution in [0.3, 0.4) is 0 Å². The molecule has 0 spiro atoms. The van der Waals surface area contributed by atoms with Crippen LogP contribution in [0.15, 0.2) is 24.0 Å². The molecule has 0 bridgehead atoms. The van der Waals surface area contributed by atoms with Crippen LogP contribution in [0.2, 0.25) is 0 Å². The number of halogens is 3. The van der Waals surface area contributed by atoms with Crippen LogP contribution in [-0.4, -0.2) is 0 Å². The average molecular weight is 231 g/mol. The van der Waals surface area contributed by atoms with Gasteiger partial charge in [-0.25, -0.2) is 19.0 Å². The molecule has 3 nitrogen and oxygen atoms in total. The van der Waals surface area contributed by atoms with E-state index in [0.717, 1.165) is 5.01 Å². The second-order valence-electron chi connectivity index (χ2n) is 3.18. The Morgan fingerprint density at radius 2 is 1.81 bits per heavy atom.